The van der Waals surface area contributed by atoms with Gasteiger partial charge in [0.2, 0.25) is 0 Å². The number of aliphatic hydroxyl groups is 1. The van der Waals surface area contributed by atoms with Crippen LogP contribution >= 0.6 is 0 Å². The molecule has 4 aliphatic carbocycles. The molecular formula is C40H71NO2. The first-order chi connectivity index (χ1) is 20.4. The lowest BCUT2D eigenvalue weighted by molar-refractivity contribution is 0.0757. The zero-order valence-corrected chi connectivity index (χ0v) is 30.5. The van der Waals surface area contributed by atoms with E-state index in [1.165, 1.54) is 18.4 Å². The Morgan fingerprint density at radius 1 is 0.860 bits per heavy atom. The molecule has 0 aromatic heterocycles. The average Bonchev–Trinajstić information content (AvgIpc) is 3.02. The molecule has 0 radical (unpaired) electrons. The molecule has 0 heterocycles. The average molecular weight is 598 g/mol. The molecule has 4 aliphatic rings. The largest absolute Gasteiger partial charge is 0.513 e. The molecule has 6 unspecified atom stereocenters. The predicted octanol–water partition coefficient (Wildman–Crippen LogP) is 12.5. The van der Waals surface area contributed by atoms with Gasteiger partial charge in [0.1, 0.15) is 6.10 Å². The number of fused-ring (bicyclic) bond motifs is 2. The number of hydrogen-bond donors (Lipinski definition) is 2. The quantitative estimate of drug-likeness (QED) is 0.188. The fourth-order valence-electron chi connectivity index (χ4n) is 6.06. The predicted molar refractivity (Wildman–Crippen MR) is 192 cm³/mol. The Labute approximate surface area is 268 Å². The van der Waals surface area contributed by atoms with E-state index in [2.05, 4.69) is 91.5 Å². The van der Waals surface area contributed by atoms with Gasteiger partial charge in [-0.2, -0.15) is 0 Å². The van der Waals surface area contributed by atoms with E-state index in [0.29, 0.717) is 29.4 Å². The molecule has 0 amide bonds. The number of allylic oxidation sites excluding steroid dienone is 8. The third-order valence-electron chi connectivity index (χ3n) is 10.0. The molecule has 0 saturated heterocycles. The van der Waals surface area contributed by atoms with Crippen LogP contribution < -0.4 is 0 Å². The molecule has 2 N–H and O–H groups in total. The highest BCUT2D eigenvalue weighted by atomic mass is 16.5. The first kappa shape index (κ1) is 41.0. The maximum absolute atomic E-state index is 8.63. The van der Waals surface area contributed by atoms with E-state index in [1.807, 2.05) is 41.5 Å². The first-order valence-corrected chi connectivity index (χ1v) is 17.8. The summed E-state index contributed by atoms with van der Waals surface area (Å²) in [6.07, 6.45) is 21.2. The van der Waals surface area contributed by atoms with Crippen LogP contribution in [0.2, 0.25) is 0 Å². The normalized spacial score (nSPS) is 31.4. The monoisotopic (exact) mass is 598 g/mol. The molecule has 0 fully saturated rings. The van der Waals surface area contributed by atoms with E-state index in [4.69, 9.17) is 15.3 Å². The third-order valence-corrected chi connectivity index (χ3v) is 10.0. The minimum atomic E-state index is 0.198. The van der Waals surface area contributed by atoms with Crippen LogP contribution in [0.3, 0.4) is 0 Å². The van der Waals surface area contributed by atoms with Crippen molar-refractivity contribution < 1.29 is 9.84 Å². The topological polar surface area (TPSA) is 53.3 Å². The van der Waals surface area contributed by atoms with Crippen LogP contribution in [-0.2, 0) is 4.74 Å². The van der Waals surface area contributed by atoms with Gasteiger partial charge >= 0.3 is 0 Å². The molecule has 0 aromatic carbocycles. The van der Waals surface area contributed by atoms with E-state index < -0.39 is 0 Å². The van der Waals surface area contributed by atoms with E-state index in [9.17, 15) is 0 Å². The SMILES string of the molecule is C=C(O)[C@@H](C)CC.CC.CC.CC1C=CC2=C[C@H](C)CCC2C1C.CCC(C)C(=N)O[C@H]1CCC=C2C=C[C@H](C)C(C)C21. The van der Waals surface area contributed by atoms with Crippen molar-refractivity contribution in [3.05, 3.63) is 59.9 Å². The van der Waals surface area contributed by atoms with Crippen LogP contribution in [0.15, 0.2) is 59.9 Å². The number of hydrogen-bond acceptors (Lipinski definition) is 3. The summed E-state index contributed by atoms with van der Waals surface area (Å²) in [5.41, 5.74) is 3.04. The highest BCUT2D eigenvalue weighted by Gasteiger charge is 2.37. The molecule has 0 bridgehead atoms. The molecular weight excluding hydrogens is 526 g/mol. The number of rotatable bonds is 5. The minimum Gasteiger partial charge on any atom is -0.513 e. The highest BCUT2D eigenvalue weighted by Crippen LogP contribution is 2.42. The summed E-state index contributed by atoms with van der Waals surface area (Å²) >= 11 is 0. The molecule has 0 spiro atoms. The van der Waals surface area contributed by atoms with Crippen LogP contribution in [0.1, 0.15) is 129 Å². The molecule has 4 rings (SSSR count). The minimum absolute atomic E-state index is 0.198. The summed E-state index contributed by atoms with van der Waals surface area (Å²) in [6, 6.07) is 0. The third kappa shape index (κ3) is 12.8. The van der Waals surface area contributed by atoms with Crippen LogP contribution in [0.25, 0.3) is 0 Å². The smallest absolute Gasteiger partial charge is 0.183 e. The Morgan fingerprint density at radius 2 is 1.40 bits per heavy atom. The van der Waals surface area contributed by atoms with Crippen molar-refractivity contribution in [3.63, 3.8) is 0 Å². The van der Waals surface area contributed by atoms with Crippen molar-refractivity contribution in [2.24, 2.45) is 53.3 Å². The molecule has 0 aromatic rings. The summed E-state index contributed by atoms with van der Waals surface area (Å²) in [6.45, 7) is 31.2. The fourth-order valence-corrected chi connectivity index (χ4v) is 6.06. The van der Waals surface area contributed by atoms with E-state index in [0.717, 1.165) is 49.4 Å². The lowest BCUT2D eigenvalue weighted by atomic mass is 9.69. The molecule has 248 valence electrons. The van der Waals surface area contributed by atoms with Gasteiger partial charge < -0.3 is 9.84 Å². The van der Waals surface area contributed by atoms with Crippen molar-refractivity contribution in [1.29, 1.82) is 5.41 Å². The summed E-state index contributed by atoms with van der Waals surface area (Å²) in [7, 11) is 0. The van der Waals surface area contributed by atoms with Gasteiger partial charge in [0.25, 0.3) is 0 Å². The number of ether oxygens (including phenoxy) is 1. The Kier molecular flexibility index (Phi) is 20.6. The summed E-state index contributed by atoms with van der Waals surface area (Å²) < 4.78 is 6.04. The molecule has 10 atom stereocenters. The Balaban J connectivity index is 0.000000636. The Bertz CT molecular complexity index is 925. The van der Waals surface area contributed by atoms with Crippen molar-refractivity contribution in [2.45, 2.75) is 135 Å². The second-order valence-corrected chi connectivity index (χ2v) is 12.9. The molecule has 3 nitrogen and oxygen atoms in total. The Hall–Kier alpha value is -2.03. The van der Waals surface area contributed by atoms with E-state index >= 15 is 0 Å². The molecule has 0 saturated carbocycles. The van der Waals surface area contributed by atoms with Gasteiger partial charge in [-0.15, -0.1) is 0 Å². The van der Waals surface area contributed by atoms with Crippen molar-refractivity contribution in [1.82, 2.24) is 0 Å². The lowest BCUT2D eigenvalue weighted by Gasteiger charge is -2.40. The van der Waals surface area contributed by atoms with Gasteiger partial charge in [-0.25, -0.2) is 0 Å². The van der Waals surface area contributed by atoms with Crippen molar-refractivity contribution in [2.75, 3.05) is 0 Å². The zero-order chi connectivity index (χ0) is 33.3. The lowest BCUT2D eigenvalue weighted by Crippen LogP contribution is -2.38. The maximum Gasteiger partial charge on any atom is 0.183 e. The number of nitrogens with one attached hydrogen (secondary N) is 1. The number of aliphatic hydroxyl groups excluding tert-OH is 1. The van der Waals surface area contributed by atoms with Gasteiger partial charge in [-0.05, 0) is 85.2 Å². The summed E-state index contributed by atoms with van der Waals surface area (Å²) in [4.78, 5) is 0. The van der Waals surface area contributed by atoms with Crippen molar-refractivity contribution >= 4 is 5.90 Å². The highest BCUT2D eigenvalue weighted by molar-refractivity contribution is 5.75. The van der Waals surface area contributed by atoms with Crippen LogP contribution in [0.5, 0.6) is 0 Å². The van der Waals surface area contributed by atoms with E-state index in [1.54, 1.807) is 5.57 Å². The van der Waals surface area contributed by atoms with Gasteiger partial charge in [0, 0.05) is 17.8 Å². The summed E-state index contributed by atoms with van der Waals surface area (Å²) in [5.74, 6) is 6.23. The zero-order valence-electron chi connectivity index (χ0n) is 30.5. The van der Waals surface area contributed by atoms with Crippen LogP contribution in [-0.4, -0.2) is 17.1 Å². The second-order valence-electron chi connectivity index (χ2n) is 12.9. The van der Waals surface area contributed by atoms with Gasteiger partial charge in [0.05, 0.1) is 5.76 Å². The van der Waals surface area contributed by atoms with Gasteiger partial charge in [-0.3, -0.25) is 5.41 Å². The van der Waals surface area contributed by atoms with Crippen molar-refractivity contribution in [3.8, 4) is 0 Å². The standard InChI is InChI=1S/C17H27NO.C13H20.C6H12O.2C2H6/c1-5-11(2)17(18)19-15-8-6-7-14-10-9-12(3)13(4)16(14)15;1-9-4-7-13-11(3)10(2)5-6-12(13)8-9;1-4-5(2)6(3)7;2*1-2/h7,9-13,15-16,18H,5-6,8H2,1-4H3;5-6,8-11,13H,4,7H2,1-3H3;5,7H,3-4H2,1-2H3;2*1-2H3/t11?,12-,13?,15-,16?;9-,10?,11?,13?;5-;;/m010../s1. The maximum atomic E-state index is 8.63. The van der Waals surface area contributed by atoms with Crippen LogP contribution in [0.4, 0.5) is 0 Å². The first-order valence-electron chi connectivity index (χ1n) is 17.8. The fraction of sp³-hybridized carbons (Fsp3) is 0.725. The van der Waals surface area contributed by atoms with Crippen LogP contribution in [0, 0.1) is 58.7 Å². The second kappa shape index (κ2) is 21.6. The molecule has 0 aliphatic heterocycles. The van der Waals surface area contributed by atoms with E-state index in [-0.39, 0.29) is 17.9 Å². The van der Waals surface area contributed by atoms with Gasteiger partial charge in [0.15, 0.2) is 5.90 Å². The Morgan fingerprint density at radius 3 is 1.91 bits per heavy atom. The molecule has 43 heavy (non-hydrogen) atoms. The molecule has 3 heteroatoms. The van der Waals surface area contributed by atoms with Gasteiger partial charge in [-0.1, -0.05) is 133 Å². The summed E-state index contributed by atoms with van der Waals surface area (Å²) in [5, 5.41) is 16.7.